The molecule has 0 bridgehead atoms. The van der Waals surface area contributed by atoms with Gasteiger partial charge in [0, 0.05) is 12.1 Å². The van der Waals surface area contributed by atoms with Gasteiger partial charge in [0.1, 0.15) is 11.0 Å². The number of nitrogens with one attached hydrogen (secondary N) is 2. The molecule has 2 aromatic rings. The van der Waals surface area contributed by atoms with E-state index in [0.717, 1.165) is 16.9 Å². The van der Waals surface area contributed by atoms with Crippen LogP contribution in [-0.4, -0.2) is 35.1 Å². The summed E-state index contributed by atoms with van der Waals surface area (Å²) in [5.74, 6) is 0.295. The zero-order valence-electron chi connectivity index (χ0n) is 16.4. The lowest BCUT2D eigenvalue weighted by molar-refractivity contribution is -0.122. The summed E-state index contributed by atoms with van der Waals surface area (Å²) in [6.45, 7) is 3.81. The first-order valence-electron chi connectivity index (χ1n) is 9.05. The first-order chi connectivity index (χ1) is 13.9. The summed E-state index contributed by atoms with van der Waals surface area (Å²) in [5.41, 5.74) is 3.42. The van der Waals surface area contributed by atoms with E-state index in [2.05, 4.69) is 20.8 Å². The summed E-state index contributed by atoms with van der Waals surface area (Å²) in [7, 11) is 1.61. The van der Waals surface area contributed by atoms with Gasteiger partial charge in [-0.15, -0.1) is 5.10 Å². The zero-order chi connectivity index (χ0) is 20.8. The van der Waals surface area contributed by atoms with E-state index in [1.54, 1.807) is 7.11 Å². The Labute approximate surface area is 173 Å². The molecule has 1 heterocycles. The van der Waals surface area contributed by atoms with Gasteiger partial charge in [-0.3, -0.25) is 9.59 Å². The number of methoxy groups -OCH3 is 1. The van der Waals surface area contributed by atoms with Gasteiger partial charge in [0.15, 0.2) is 5.17 Å². The van der Waals surface area contributed by atoms with Gasteiger partial charge in [-0.25, -0.2) is 0 Å². The van der Waals surface area contributed by atoms with Crippen LogP contribution in [0.4, 0.5) is 5.69 Å². The normalized spacial score (nSPS) is 17.9. The lowest BCUT2D eigenvalue weighted by atomic mass is 10.1. The zero-order valence-corrected chi connectivity index (χ0v) is 17.2. The van der Waals surface area contributed by atoms with E-state index in [-0.39, 0.29) is 18.2 Å². The maximum atomic E-state index is 12.2. The number of thioether (sulfide) groups is 1. The average molecular weight is 410 g/mol. The third-order valence-corrected chi connectivity index (χ3v) is 5.35. The van der Waals surface area contributed by atoms with Crippen LogP contribution < -0.4 is 15.4 Å². The van der Waals surface area contributed by atoms with Crippen LogP contribution in [0.3, 0.4) is 0 Å². The predicted molar refractivity (Wildman–Crippen MR) is 117 cm³/mol. The van der Waals surface area contributed by atoms with E-state index < -0.39 is 5.25 Å². The molecule has 2 aromatic carbocycles. The third kappa shape index (κ3) is 5.68. The minimum Gasteiger partial charge on any atom is -0.497 e. The second-order valence-corrected chi connectivity index (χ2v) is 7.72. The van der Waals surface area contributed by atoms with Crippen LogP contribution in [0.15, 0.2) is 58.7 Å². The summed E-state index contributed by atoms with van der Waals surface area (Å²) in [5, 5.41) is 13.6. The maximum absolute atomic E-state index is 12.2. The molecular formula is C21H22N4O3S. The number of ether oxygens (including phenoxy) is 1. The van der Waals surface area contributed by atoms with E-state index in [4.69, 9.17) is 4.74 Å². The number of amides is 2. The summed E-state index contributed by atoms with van der Waals surface area (Å²) < 4.78 is 5.14. The molecule has 8 heteroatoms. The van der Waals surface area contributed by atoms with E-state index in [0.29, 0.717) is 16.6 Å². The third-order valence-electron chi connectivity index (χ3n) is 4.28. The molecule has 1 aliphatic rings. The second kappa shape index (κ2) is 9.38. The van der Waals surface area contributed by atoms with Crippen molar-refractivity contribution < 1.29 is 14.3 Å². The first-order valence-corrected chi connectivity index (χ1v) is 9.93. The molecule has 1 fully saturated rings. The van der Waals surface area contributed by atoms with E-state index >= 15 is 0 Å². The van der Waals surface area contributed by atoms with E-state index in [1.807, 2.05) is 62.4 Å². The van der Waals surface area contributed by atoms with Gasteiger partial charge in [-0.1, -0.05) is 29.5 Å². The topological polar surface area (TPSA) is 92.2 Å². The Morgan fingerprint density at radius 1 is 1.17 bits per heavy atom. The molecule has 0 aliphatic carbocycles. The van der Waals surface area contributed by atoms with Crippen molar-refractivity contribution in [3.63, 3.8) is 0 Å². The minimum atomic E-state index is -0.532. The van der Waals surface area contributed by atoms with Gasteiger partial charge in [-0.05, 0) is 55.8 Å². The maximum Gasteiger partial charge on any atom is 0.240 e. The molecule has 29 heavy (non-hydrogen) atoms. The van der Waals surface area contributed by atoms with Crippen LogP contribution in [0, 0.1) is 6.92 Å². The Hall–Kier alpha value is -3.13. The van der Waals surface area contributed by atoms with E-state index in [9.17, 15) is 9.59 Å². The molecule has 2 N–H and O–H groups in total. The molecule has 1 saturated heterocycles. The van der Waals surface area contributed by atoms with Crippen molar-refractivity contribution in [1.29, 1.82) is 0 Å². The molecule has 1 atom stereocenters. The summed E-state index contributed by atoms with van der Waals surface area (Å²) in [6, 6.07) is 15.0. The number of anilines is 1. The Morgan fingerprint density at radius 2 is 1.86 bits per heavy atom. The number of aryl methyl sites for hydroxylation is 1. The van der Waals surface area contributed by atoms with Gasteiger partial charge in [0.2, 0.25) is 11.8 Å². The quantitative estimate of drug-likeness (QED) is 0.564. The minimum absolute atomic E-state index is 0.0601. The lowest BCUT2D eigenvalue weighted by Crippen LogP contribution is -2.28. The van der Waals surface area contributed by atoms with Crippen LogP contribution >= 0.6 is 11.8 Å². The van der Waals surface area contributed by atoms with Crippen LogP contribution in [0.25, 0.3) is 0 Å². The molecule has 0 spiro atoms. The van der Waals surface area contributed by atoms with Crippen LogP contribution in [-0.2, 0) is 9.59 Å². The molecular weight excluding hydrogens is 388 g/mol. The Morgan fingerprint density at radius 3 is 2.52 bits per heavy atom. The molecule has 0 saturated carbocycles. The highest BCUT2D eigenvalue weighted by Crippen LogP contribution is 2.23. The number of carbonyl (C=O) groups excluding carboxylic acids is 2. The summed E-state index contributed by atoms with van der Waals surface area (Å²) in [6.07, 6.45) is 0.0601. The van der Waals surface area contributed by atoms with Gasteiger partial charge < -0.3 is 15.4 Å². The van der Waals surface area contributed by atoms with Gasteiger partial charge in [0.05, 0.1) is 12.8 Å². The van der Waals surface area contributed by atoms with Crippen molar-refractivity contribution in [2.24, 2.45) is 10.2 Å². The van der Waals surface area contributed by atoms with Crippen molar-refractivity contribution in [3.05, 3.63) is 59.7 Å². The van der Waals surface area contributed by atoms with Crippen molar-refractivity contribution >= 4 is 40.1 Å². The van der Waals surface area contributed by atoms with Crippen molar-refractivity contribution in [2.45, 2.75) is 25.5 Å². The highest BCUT2D eigenvalue weighted by atomic mass is 32.2. The SMILES string of the molecule is COc1ccc(C(C)=NN=C2NC(=O)[C@H](CC(=O)Nc3ccc(C)cc3)S2)cc1. The van der Waals surface area contributed by atoms with Gasteiger partial charge in [-0.2, -0.15) is 5.10 Å². The van der Waals surface area contributed by atoms with Gasteiger partial charge >= 0.3 is 0 Å². The highest BCUT2D eigenvalue weighted by Gasteiger charge is 2.32. The fraction of sp³-hybridized carbons (Fsp3) is 0.238. The van der Waals surface area contributed by atoms with Crippen LogP contribution in [0.2, 0.25) is 0 Å². The predicted octanol–water partition coefficient (Wildman–Crippen LogP) is 3.34. The Balaban J connectivity index is 1.58. The fourth-order valence-corrected chi connectivity index (χ4v) is 3.53. The number of hydrogen-bond donors (Lipinski definition) is 2. The van der Waals surface area contributed by atoms with Crippen molar-refractivity contribution in [2.75, 3.05) is 12.4 Å². The van der Waals surface area contributed by atoms with Gasteiger partial charge in [0.25, 0.3) is 0 Å². The fourth-order valence-electron chi connectivity index (χ4n) is 2.61. The largest absolute Gasteiger partial charge is 0.497 e. The monoisotopic (exact) mass is 410 g/mol. The number of benzene rings is 2. The number of hydrogen-bond acceptors (Lipinski definition) is 6. The molecule has 3 rings (SSSR count). The highest BCUT2D eigenvalue weighted by molar-refractivity contribution is 8.15. The summed E-state index contributed by atoms with van der Waals surface area (Å²) in [4.78, 5) is 24.4. The van der Waals surface area contributed by atoms with Crippen LogP contribution in [0.1, 0.15) is 24.5 Å². The molecule has 150 valence electrons. The summed E-state index contributed by atoms with van der Waals surface area (Å²) >= 11 is 1.20. The van der Waals surface area contributed by atoms with Crippen molar-refractivity contribution in [3.8, 4) is 5.75 Å². The second-order valence-electron chi connectivity index (χ2n) is 6.53. The standard InChI is InChI=1S/C21H22N4O3S/c1-13-4-8-16(9-5-13)22-19(26)12-18-20(27)23-21(29-18)25-24-14(2)15-6-10-17(28-3)11-7-15/h4-11,18H,12H2,1-3H3,(H,22,26)(H,23,25,27)/t18-/m0/s1. The Bertz CT molecular complexity index is 953. The molecule has 7 nitrogen and oxygen atoms in total. The van der Waals surface area contributed by atoms with Crippen molar-refractivity contribution in [1.82, 2.24) is 5.32 Å². The molecule has 2 amide bonds. The Kier molecular flexibility index (Phi) is 6.66. The molecule has 0 unspecified atom stereocenters. The van der Waals surface area contributed by atoms with E-state index in [1.165, 1.54) is 11.8 Å². The number of carbonyl (C=O) groups is 2. The molecule has 0 radical (unpaired) electrons. The number of nitrogens with zero attached hydrogens (tertiary/aromatic N) is 2. The number of rotatable bonds is 6. The lowest BCUT2D eigenvalue weighted by Gasteiger charge is -2.07. The number of amidine groups is 1. The smallest absolute Gasteiger partial charge is 0.240 e. The molecule has 0 aromatic heterocycles. The van der Waals surface area contributed by atoms with Crippen LogP contribution in [0.5, 0.6) is 5.75 Å². The average Bonchev–Trinajstić information content (AvgIpc) is 3.07. The molecule has 1 aliphatic heterocycles. The first kappa shape index (κ1) is 20.6.